The molecule has 0 radical (unpaired) electrons. The van der Waals surface area contributed by atoms with E-state index in [9.17, 15) is 9.59 Å². The Morgan fingerprint density at radius 3 is 2.58 bits per heavy atom. The third-order valence-corrected chi connectivity index (χ3v) is 3.97. The van der Waals surface area contributed by atoms with Gasteiger partial charge in [-0.05, 0) is 12.1 Å². The number of halogens is 2. The highest BCUT2D eigenvalue weighted by Crippen LogP contribution is 2.34. The molecule has 0 atom stereocenters. The first kappa shape index (κ1) is 18.1. The Bertz CT molecular complexity index is 747. The van der Waals surface area contributed by atoms with E-state index in [2.05, 4.69) is 10.1 Å². The monoisotopic (exact) mass is 369 g/mol. The van der Waals surface area contributed by atoms with Crippen LogP contribution in [0.2, 0.25) is 10.0 Å². The first-order valence-corrected chi connectivity index (χ1v) is 7.56. The van der Waals surface area contributed by atoms with Crippen LogP contribution in [-0.4, -0.2) is 48.7 Å². The van der Waals surface area contributed by atoms with Crippen LogP contribution >= 0.6 is 23.2 Å². The molecule has 0 spiro atoms. The Kier molecular flexibility index (Phi) is 5.67. The zero-order valence-corrected chi connectivity index (χ0v) is 14.1. The summed E-state index contributed by atoms with van der Waals surface area (Å²) in [5, 5.41) is 21.0. The summed E-state index contributed by atoms with van der Waals surface area (Å²) in [6, 6.07) is 4.69. The van der Waals surface area contributed by atoms with E-state index in [1.54, 1.807) is 0 Å². The quantitative estimate of drug-likeness (QED) is 0.763. The standard InChI is InChI=1S/C15H13Cl2N3O4/c1-24-15(23)9-7-20(2-3-21)14(22)12(9)19-13-10(16)4-8(6-18)5-11(13)17/h4-5,19,21H,2-3,7H2,1H3. The highest BCUT2D eigenvalue weighted by molar-refractivity contribution is 6.39. The third-order valence-electron chi connectivity index (χ3n) is 3.37. The number of nitrogens with zero attached hydrogens (tertiary/aromatic N) is 2. The number of benzene rings is 1. The molecule has 2 rings (SSSR count). The Morgan fingerprint density at radius 1 is 1.46 bits per heavy atom. The molecule has 7 nitrogen and oxygen atoms in total. The van der Waals surface area contributed by atoms with Crippen molar-refractivity contribution in [3.8, 4) is 6.07 Å². The first-order chi connectivity index (χ1) is 11.4. The number of ether oxygens (including phenoxy) is 1. The number of rotatable bonds is 5. The summed E-state index contributed by atoms with van der Waals surface area (Å²) in [6.07, 6.45) is 0. The van der Waals surface area contributed by atoms with Gasteiger partial charge in [-0.15, -0.1) is 0 Å². The Balaban J connectivity index is 2.43. The van der Waals surface area contributed by atoms with Crippen molar-refractivity contribution in [1.29, 1.82) is 5.26 Å². The molecular formula is C15H13Cl2N3O4. The van der Waals surface area contributed by atoms with E-state index >= 15 is 0 Å². The number of carbonyl (C=O) groups is 2. The van der Waals surface area contributed by atoms with Gasteiger partial charge < -0.3 is 20.1 Å². The number of carbonyl (C=O) groups excluding carboxylic acids is 2. The summed E-state index contributed by atoms with van der Waals surface area (Å²) in [5.41, 5.74) is 0.543. The minimum absolute atomic E-state index is 0.0000821. The summed E-state index contributed by atoms with van der Waals surface area (Å²) < 4.78 is 4.69. The fourth-order valence-electron chi connectivity index (χ4n) is 2.23. The van der Waals surface area contributed by atoms with E-state index in [0.717, 1.165) is 0 Å². The molecule has 2 N–H and O–H groups in total. The predicted molar refractivity (Wildman–Crippen MR) is 87.5 cm³/mol. The minimum Gasteiger partial charge on any atom is -0.466 e. The van der Waals surface area contributed by atoms with Gasteiger partial charge in [0, 0.05) is 6.54 Å². The highest BCUT2D eigenvalue weighted by atomic mass is 35.5. The lowest BCUT2D eigenvalue weighted by Gasteiger charge is -2.15. The SMILES string of the molecule is COC(=O)C1=C(Nc2c(Cl)cc(C#N)cc2Cl)C(=O)N(CCO)C1. The molecule has 1 aromatic carbocycles. The number of β-amino-alcohol motifs (C(OH)–C–C–N with tert-alkyl or cyclic N) is 1. The fourth-order valence-corrected chi connectivity index (χ4v) is 2.81. The lowest BCUT2D eigenvalue weighted by Crippen LogP contribution is -2.31. The summed E-state index contributed by atoms with van der Waals surface area (Å²) >= 11 is 12.2. The average molecular weight is 370 g/mol. The molecule has 0 fully saturated rings. The van der Waals surface area contributed by atoms with Gasteiger partial charge >= 0.3 is 5.97 Å². The van der Waals surface area contributed by atoms with Gasteiger partial charge in [0.05, 0.1) is 53.2 Å². The van der Waals surface area contributed by atoms with E-state index in [1.165, 1.54) is 24.1 Å². The zero-order valence-electron chi connectivity index (χ0n) is 12.6. The molecular weight excluding hydrogens is 357 g/mol. The predicted octanol–water partition coefficient (Wildman–Crippen LogP) is 1.54. The van der Waals surface area contributed by atoms with Crippen LogP contribution < -0.4 is 5.32 Å². The Hall–Kier alpha value is -2.27. The number of anilines is 1. The van der Waals surface area contributed by atoms with Crippen LogP contribution in [-0.2, 0) is 14.3 Å². The van der Waals surface area contributed by atoms with Crippen molar-refractivity contribution in [3.63, 3.8) is 0 Å². The van der Waals surface area contributed by atoms with Crippen LogP contribution in [0.5, 0.6) is 0 Å². The van der Waals surface area contributed by atoms with Crippen molar-refractivity contribution < 1.29 is 19.4 Å². The number of aliphatic hydroxyl groups excluding tert-OH is 1. The molecule has 0 saturated heterocycles. The highest BCUT2D eigenvalue weighted by Gasteiger charge is 2.35. The van der Waals surface area contributed by atoms with Crippen LogP contribution in [0.25, 0.3) is 0 Å². The third kappa shape index (κ3) is 3.46. The molecule has 0 aromatic heterocycles. The van der Waals surface area contributed by atoms with Crippen molar-refractivity contribution in [2.75, 3.05) is 32.1 Å². The van der Waals surface area contributed by atoms with E-state index in [4.69, 9.17) is 33.6 Å². The number of methoxy groups -OCH3 is 1. The lowest BCUT2D eigenvalue weighted by molar-refractivity contribution is -0.136. The number of hydrogen-bond acceptors (Lipinski definition) is 6. The van der Waals surface area contributed by atoms with Crippen LogP contribution in [0.1, 0.15) is 5.56 Å². The topological polar surface area (TPSA) is 103 Å². The van der Waals surface area contributed by atoms with E-state index in [1.807, 2.05) is 6.07 Å². The summed E-state index contributed by atoms with van der Waals surface area (Å²) in [7, 11) is 1.20. The van der Waals surface area contributed by atoms with Crippen LogP contribution in [0.4, 0.5) is 5.69 Å². The summed E-state index contributed by atoms with van der Waals surface area (Å²) in [5.74, 6) is -1.16. The number of nitriles is 1. The lowest BCUT2D eigenvalue weighted by atomic mass is 10.2. The van der Waals surface area contributed by atoms with Gasteiger partial charge in [-0.2, -0.15) is 5.26 Å². The molecule has 1 aliphatic heterocycles. The fraction of sp³-hybridized carbons (Fsp3) is 0.267. The van der Waals surface area contributed by atoms with Gasteiger partial charge in [-0.1, -0.05) is 23.2 Å². The van der Waals surface area contributed by atoms with E-state index in [0.29, 0.717) is 0 Å². The van der Waals surface area contributed by atoms with Gasteiger partial charge in [0.15, 0.2) is 0 Å². The van der Waals surface area contributed by atoms with Crippen LogP contribution in [0.3, 0.4) is 0 Å². The van der Waals surface area contributed by atoms with Gasteiger partial charge in [0.2, 0.25) is 0 Å². The van der Waals surface area contributed by atoms with Crippen molar-refractivity contribution in [1.82, 2.24) is 4.90 Å². The van der Waals surface area contributed by atoms with Crippen molar-refractivity contribution >= 4 is 40.8 Å². The summed E-state index contributed by atoms with van der Waals surface area (Å²) in [4.78, 5) is 25.6. The van der Waals surface area contributed by atoms with Crippen molar-refractivity contribution in [2.45, 2.75) is 0 Å². The Morgan fingerprint density at radius 2 is 2.08 bits per heavy atom. The molecule has 0 bridgehead atoms. The van der Waals surface area contributed by atoms with E-state index < -0.39 is 11.9 Å². The number of amides is 1. The Labute approximate surface area is 148 Å². The largest absolute Gasteiger partial charge is 0.466 e. The molecule has 9 heteroatoms. The van der Waals surface area contributed by atoms with Gasteiger partial charge in [-0.3, -0.25) is 4.79 Å². The van der Waals surface area contributed by atoms with Crippen LogP contribution in [0.15, 0.2) is 23.4 Å². The average Bonchev–Trinajstić information content (AvgIpc) is 2.86. The van der Waals surface area contributed by atoms with Gasteiger partial charge in [-0.25, -0.2) is 4.79 Å². The molecule has 1 aromatic rings. The first-order valence-electron chi connectivity index (χ1n) is 6.80. The molecule has 1 amide bonds. The maximum atomic E-state index is 12.4. The summed E-state index contributed by atoms with van der Waals surface area (Å²) in [6.45, 7) is -0.175. The maximum absolute atomic E-state index is 12.4. The second-order valence-corrected chi connectivity index (χ2v) is 5.66. The molecule has 1 heterocycles. The smallest absolute Gasteiger partial charge is 0.337 e. The normalized spacial score (nSPS) is 14.0. The number of hydrogen-bond donors (Lipinski definition) is 2. The number of aliphatic hydroxyl groups is 1. The van der Waals surface area contributed by atoms with Crippen molar-refractivity contribution in [3.05, 3.63) is 39.0 Å². The number of esters is 1. The second-order valence-electron chi connectivity index (χ2n) is 4.85. The van der Waals surface area contributed by atoms with Gasteiger partial charge in [0.25, 0.3) is 5.91 Å². The number of nitrogens with one attached hydrogen (secondary N) is 1. The molecule has 1 aliphatic rings. The molecule has 0 unspecified atom stereocenters. The van der Waals surface area contributed by atoms with Crippen LogP contribution in [0, 0.1) is 11.3 Å². The van der Waals surface area contributed by atoms with Crippen molar-refractivity contribution in [2.24, 2.45) is 0 Å². The molecule has 24 heavy (non-hydrogen) atoms. The second kappa shape index (κ2) is 7.53. The zero-order chi connectivity index (χ0) is 17.9. The maximum Gasteiger partial charge on any atom is 0.337 e. The minimum atomic E-state index is -0.674. The molecule has 126 valence electrons. The van der Waals surface area contributed by atoms with E-state index in [-0.39, 0.29) is 52.3 Å². The molecule has 0 saturated carbocycles. The molecule has 0 aliphatic carbocycles. The van der Waals surface area contributed by atoms with Gasteiger partial charge in [0.1, 0.15) is 5.70 Å².